The molecule has 0 bridgehead atoms. The summed E-state index contributed by atoms with van der Waals surface area (Å²) in [6.07, 6.45) is 0. The Kier molecular flexibility index (Phi) is 6.97. The Labute approximate surface area is 184 Å². The third-order valence-electron chi connectivity index (χ3n) is 4.39. The van der Waals surface area contributed by atoms with Crippen LogP contribution in [0.3, 0.4) is 0 Å². The number of thiol groups is 1. The molecule has 154 valence electrons. The van der Waals surface area contributed by atoms with Crippen LogP contribution in [-0.2, 0) is 0 Å². The molecule has 1 unspecified atom stereocenters. The Morgan fingerprint density at radius 3 is 2.30 bits per heavy atom. The van der Waals surface area contributed by atoms with Crippen LogP contribution in [0.1, 0.15) is 28.9 Å². The molecule has 3 amide bonds. The van der Waals surface area contributed by atoms with E-state index < -0.39 is 17.8 Å². The smallest absolute Gasteiger partial charge is 0.330 e. The van der Waals surface area contributed by atoms with Gasteiger partial charge in [-0.15, -0.1) is 0 Å². The zero-order valence-electron chi connectivity index (χ0n) is 16.0. The minimum Gasteiger partial charge on any atom is -0.330 e. The topological polar surface area (TPSA) is 61.4 Å². The normalized spacial score (nSPS) is 11.5. The van der Waals surface area contributed by atoms with Crippen LogP contribution in [0.5, 0.6) is 0 Å². The quantitative estimate of drug-likeness (QED) is 0.433. The highest BCUT2D eigenvalue weighted by Crippen LogP contribution is 2.24. The molecule has 0 saturated heterocycles. The first-order valence-electron chi connectivity index (χ1n) is 9.06. The summed E-state index contributed by atoms with van der Waals surface area (Å²) in [7, 11) is 0. The summed E-state index contributed by atoms with van der Waals surface area (Å²) < 4.78 is 14.9. The lowest BCUT2D eigenvalue weighted by Crippen LogP contribution is -2.35. The number of hydrogen-bond donors (Lipinski definition) is 3. The molecule has 0 aliphatic heterocycles. The number of anilines is 2. The monoisotopic (exact) mass is 443 g/mol. The average molecular weight is 444 g/mol. The second kappa shape index (κ2) is 9.65. The van der Waals surface area contributed by atoms with Gasteiger partial charge in [-0.1, -0.05) is 54.7 Å². The van der Waals surface area contributed by atoms with Crippen LogP contribution in [0.25, 0.3) is 0 Å². The van der Waals surface area contributed by atoms with Gasteiger partial charge in [-0.05, 0) is 55.0 Å². The van der Waals surface area contributed by atoms with Crippen molar-refractivity contribution in [1.29, 1.82) is 0 Å². The van der Waals surface area contributed by atoms with Crippen LogP contribution in [0, 0.1) is 5.82 Å². The van der Waals surface area contributed by atoms with Gasteiger partial charge >= 0.3 is 6.03 Å². The molecule has 0 fully saturated rings. The van der Waals surface area contributed by atoms with Crippen LogP contribution in [0.2, 0.25) is 5.02 Å². The number of carbonyl (C=O) groups is 2. The number of nitrogens with zero attached hydrogens (tertiary/aromatic N) is 1. The van der Waals surface area contributed by atoms with Crippen molar-refractivity contribution >= 4 is 47.7 Å². The van der Waals surface area contributed by atoms with Gasteiger partial charge in [-0.2, -0.15) is 0 Å². The predicted molar refractivity (Wildman–Crippen MR) is 121 cm³/mol. The summed E-state index contributed by atoms with van der Waals surface area (Å²) in [6, 6.07) is 18.6. The number of amides is 3. The van der Waals surface area contributed by atoms with Crippen molar-refractivity contribution in [2.45, 2.75) is 13.0 Å². The van der Waals surface area contributed by atoms with E-state index in [0.717, 1.165) is 9.87 Å². The highest BCUT2D eigenvalue weighted by Gasteiger charge is 2.17. The fourth-order valence-electron chi connectivity index (χ4n) is 2.80. The van der Waals surface area contributed by atoms with Gasteiger partial charge in [0.25, 0.3) is 5.91 Å². The lowest BCUT2D eigenvalue weighted by Gasteiger charge is -2.21. The van der Waals surface area contributed by atoms with Gasteiger partial charge in [0.05, 0.1) is 17.3 Å². The van der Waals surface area contributed by atoms with Crippen molar-refractivity contribution < 1.29 is 14.0 Å². The van der Waals surface area contributed by atoms with Crippen molar-refractivity contribution in [3.63, 3.8) is 0 Å². The number of hydrogen-bond acceptors (Lipinski definition) is 3. The molecule has 30 heavy (non-hydrogen) atoms. The van der Waals surface area contributed by atoms with Crippen LogP contribution < -0.4 is 14.9 Å². The molecule has 0 aliphatic rings. The van der Waals surface area contributed by atoms with E-state index in [1.54, 1.807) is 36.4 Å². The molecule has 2 N–H and O–H groups in total. The van der Waals surface area contributed by atoms with Crippen LogP contribution >= 0.6 is 24.4 Å². The van der Waals surface area contributed by atoms with Gasteiger partial charge in [0, 0.05) is 10.7 Å². The van der Waals surface area contributed by atoms with E-state index in [2.05, 4.69) is 23.4 Å². The molecule has 0 radical (unpaired) electrons. The molecule has 1 atom stereocenters. The van der Waals surface area contributed by atoms with Crippen molar-refractivity contribution in [3.8, 4) is 0 Å². The maximum atomic E-state index is 13.7. The molecule has 0 aromatic heterocycles. The molecular weight excluding hydrogens is 425 g/mol. The Bertz CT molecular complexity index is 1060. The molecule has 3 aromatic rings. The van der Waals surface area contributed by atoms with E-state index >= 15 is 0 Å². The van der Waals surface area contributed by atoms with E-state index in [1.807, 2.05) is 25.1 Å². The Balaban J connectivity index is 1.64. The number of nitrogens with one attached hydrogen (secondary N) is 2. The number of rotatable bonds is 5. The molecule has 5 nitrogen and oxygen atoms in total. The summed E-state index contributed by atoms with van der Waals surface area (Å²) in [4.78, 5) is 24.7. The minimum atomic E-state index is -0.600. The summed E-state index contributed by atoms with van der Waals surface area (Å²) >= 11 is 10.4. The fourth-order valence-corrected chi connectivity index (χ4v) is 3.29. The van der Waals surface area contributed by atoms with E-state index in [1.165, 1.54) is 18.2 Å². The largest absolute Gasteiger partial charge is 0.332 e. The van der Waals surface area contributed by atoms with E-state index in [-0.39, 0.29) is 11.6 Å². The van der Waals surface area contributed by atoms with Crippen LogP contribution in [-0.4, -0.2) is 11.9 Å². The summed E-state index contributed by atoms with van der Waals surface area (Å²) in [5.74, 6) is -1.16. The van der Waals surface area contributed by atoms with Gasteiger partial charge in [0.15, 0.2) is 0 Å². The van der Waals surface area contributed by atoms with Gasteiger partial charge in [-0.3, -0.25) is 4.79 Å². The standard InChI is InChI=1S/C22H19ClFN3O2S/c1-14(17-6-2-4-8-19(17)23)25-22(29)27(30)16-12-10-15(11-13-16)26-21(28)18-7-3-5-9-20(18)24/h2-14,30H,1H3,(H,25,29)(H,26,28). The zero-order chi connectivity index (χ0) is 21.7. The van der Waals surface area contributed by atoms with Gasteiger partial charge in [-0.25, -0.2) is 13.5 Å². The zero-order valence-corrected chi connectivity index (χ0v) is 17.6. The fraction of sp³-hybridized carbons (Fsp3) is 0.0909. The SMILES string of the molecule is CC(NC(=O)N(S)c1ccc(NC(=O)c2ccccc2F)cc1)c1ccccc1Cl. The first kappa shape index (κ1) is 21.7. The number of carbonyl (C=O) groups excluding carboxylic acids is 2. The Morgan fingerprint density at radius 1 is 1.00 bits per heavy atom. The third kappa shape index (κ3) is 5.11. The summed E-state index contributed by atoms with van der Waals surface area (Å²) in [5.41, 5.74) is 1.69. The van der Waals surface area contributed by atoms with E-state index in [4.69, 9.17) is 11.6 Å². The Morgan fingerprint density at radius 2 is 1.63 bits per heavy atom. The highest BCUT2D eigenvalue weighted by molar-refractivity contribution is 7.82. The molecular formula is C22H19ClFN3O2S. The predicted octanol–water partition coefficient (Wildman–Crippen LogP) is 5.85. The van der Waals surface area contributed by atoms with Crippen molar-refractivity contribution in [2.75, 3.05) is 9.62 Å². The third-order valence-corrected chi connectivity index (χ3v) is 5.15. The minimum absolute atomic E-state index is 0.0506. The number of benzene rings is 3. The summed E-state index contributed by atoms with van der Waals surface area (Å²) in [6.45, 7) is 1.82. The second-order valence-corrected chi connectivity index (χ2v) is 7.29. The average Bonchev–Trinajstić information content (AvgIpc) is 2.74. The molecule has 0 spiro atoms. The summed E-state index contributed by atoms with van der Waals surface area (Å²) in [5, 5.41) is 6.00. The first-order chi connectivity index (χ1) is 14.4. The molecule has 3 rings (SSSR count). The second-order valence-electron chi connectivity index (χ2n) is 6.49. The van der Waals surface area contributed by atoms with Gasteiger partial charge in [0.1, 0.15) is 5.82 Å². The van der Waals surface area contributed by atoms with Crippen molar-refractivity contribution in [1.82, 2.24) is 5.32 Å². The Hall–Kier alpha value is -3.03. The van der Waals surface area contributed by atoms with E-state index in [9.17, 15) is 14.0 Å². The maximum Gasteiger partial charge on any atom is 0.332 e. The van der Waals surface area contributed by atoms with Crippen LogP contribution in [0.4, 0.5) is 20.6 Å². The van der Waals surface area contributed by atoms with E-state index in [0.29, 0.717) is 16.4 Å². The molecule has 0 aliphatic carbocycles. The van der Waals surface area contributed by atoms with Crippen molar-refractivity contribution in [2.24, 2.45) is 0 Å². The van der Waals surface area contributed by atoms with Gasteiger partial charge < -0.3 is 10.6 Å². The van der Waals surface area contributed by atoms with Crippen molar-refractivity contribution in [3.05, 3.63) is 94.8 Å². The lowest BCUT2D eigenvalue weighted by atomic mass is 10.1. The molecule has 8 heteroatoms. The molecule has 0 heterocycles. The highest BCUT2D eigenvalue weighted by atomic mass is 35.5. The number of urea groups is 1. The van der Waals surface area contributed by atoms with Gasteiger partial charge in [0.2, 0.25) is 0 Å². The molecule has 3 aromatic carbocycles. The van der Waals surface area contributed by atoms with Crippen LogP contribution in [0.15, 0.2) is 72.8 Å². The number of halogens is 2. The molecule has 0 saturated carbocycles. The lowest BCUT2D eigenvalue weighted by molar-refractivity contribution is 0.102. The maximum absolute atomic E-state index is 13.7. The first-order valence-corrected chi connectivity index (χ1v) is 9.84.